The van der Waals surface area contributed by atoms with Crippen LogP contribution in [0.4, 0.5) is 0 Å². The number of terminal acetylenes is 1. The SMILES string of the molecule is C#CCNC(=O)CCc1coc2ccc(/C=C/[C]3[CH][CH][CH][CH]3)cc2c1=O.[CH]1[CH][CH][CH][CH]1.[Fe+2]. The van der Waals surface area contributed by atoms with Crippen molar-refractivity contribution in [2.75, 3.05) is 6.54 Å². The summed E-state index contributed by atoms with van der Waals surface area (Å²) >= 11 is 0. The molecule has 4 rings (SSSR count). The molecule has 0 aliphatic heterocycles. The second-order valence-corrected chi connectivity index (χ2v) is 6.84. The van der Waals surface area contributed by atoms with E-state index in [0.717, 1.165) is 11.5 Å². The fourth-order valence-electron chi connectivity index (χ4n) is 2.96. The Balaban J connectivity index is 0.000000534. The summed E-state index contributed by atoms with van der Waals surface area (Å²) in [5, 5.41) is 3.09. The maximum atomic E-state index is 12.7. The molecule has 0 bridgehead atoms. The van der Waals surface area contributed by atoms with Gasteiger partial charge >= 0.3 is 17.1 Å². The van der Waals surface area contributed by atoms with E-state index in [1.54, 1.807) is 6.07 Å². The quantitative estimate of drug-likeness (QED) is 0.520. The smallest absolute Gasteiger partial charge is 0.464 e. The predicted octanol–water partition coefficient (Wildman–Crippen LogP) is 3.91. The summed E-state index contributed by atoms with van der Waals surface area (Å²) in [6, 6.07) is 5.49. The predicted molar refractivity (Wildman–Crippen MR) is 124 cm³/mol. The van der Waals surface area contributed by atoms with Crippen LogP contribution in [0.15, 0.2) is 39.7 Å². The monoisotopic (exact) mass is 465 g/mol. The van der Waals surface area contributed by atoms with E-state index in [0.29, 0.717) is 23.0 Å². The number of hydrogen-bond acceptors (Lipinski definition) is 3. The number of hydrogen-bond donors (Lipinski definition) is 1. The minimum Gasteiger partial charge on any atom is -0.464 e. The third-order valence-corrected chi connectivity index (χ3v) is 4.59. The van der Waals surface area contributed by atoms with Gasteiger partial charge in [0.15, 0.2) is 5.43 Å². The van der Waals surface area contributed by atoms with Gasteiger partial charge < -0.3 is 9.73 Å². The van der Waals surface area contributed by atoms with Gasteiger partial charge in [0.2, 0.25) is 5.91 Å². The molecule has 1 N–H and O–H groups in total. The molecule has 1 amide bonds. The average Bonchev–Trinajstić information content (AvgIpc) is 3.53. The molecule has 0 spiro atoms. The largest absolute Gasteiger partial charge is 2.00 e. The van der Waals surface area contributed by atoms with E-state index in [4.69, 9.17) is 10.8 Å². The molecule has 5 heteroatoms. The Morgan fingerprint density at radius 2 is 1.72 bits per heavy atom. The molecule has 2 aliphatic carbocycles. The maximum absolute atomic E-state index is 12.7. The second-order valence-electron chi connectivity index (χ2n) is 6.84. The molecule has 2 fully saturated rings. The first kappa shape index (κ1) is 26.0. The molecule has 160 valence electrons. The molecule has 0 saturated heterocycles. The Kier molecular flexibility index (Phi) is 11.4. The minimum atomic E-state index is -0.186. The van der Waals surface area contributed by atoms with Crippen molar-refractivity contribution in [3.63, 3.8) is 0 Å². The molecular formula is C27H23FeNO3+2. The van der Waals surface area contributed by atoms with Crippen LogP contribution in [0.25, 0.3) is 17.0 Å². The number of carbonyl (C=O) groups excluding carboxylic acids is 1. The van der Waals surface area contributed by atoms with Gasteiger partial charge in [0.25, 0.3) is 0 Å². The van der Waals surface area contributed by atoms with Gasteiger partial charge in [0.1, 0.15) is 5.58 Å². The van der Waals surface area contributed by atoms with E-state index in [9.17, 15) is 9.59 Å². The van der Waals surface area contributed by atoms with Gasteiger partial charge in [-0.3, -0.25) is 9.59 Å². The molecule has 10 radical (unpaired) electrons. The number of fused-ring (bicyclic) bond motifs is 1. The number of rotatable bonds is 6. The summed E-state index contributed by atoms with van der Waals surface area (Å²) in [7, 11) is 0. The van der Waals surface area contributed by atoms with Gasteiger partial charge in [0.05, 0.1) is 18.2 Å². The summed E-state index contributed by atoms with van der Waals surface area (Å²) in [6.07, 6.45) is 28.9. The Morgan fingerprint density at radius 1 is 1.03 bits per heavy atom. The number of amides is 1. The summed E-state index contributed by atoms with van der Waals surface area (Å²) in [4.78, 5) is 24.3. The van der Waals surface area contributed by atoms with Crippen molar-refractivity contribution in [3.05, 3.63) is 116 Å². The van der Waals surface area contributed by atoms with Crippen LogP contribution in [0.2, 0.25) is 0 Å². The van der Waals surface area contributed by atoms with Crippen molar-refractivity contribution in [1.29, 1.82) is 0 Å². The van der Waals surface area contributed by atoms with Crippen LogP contribution >= 0.6 is 0 Å². The van der Waals surface area contributed by atoms with Crippen molar-refractivity contribution in [3.8, 4) is 12.3 Å². The first-order valence-electron chi connectivity index (χ1n) is 9.98. The van der Waals surface area contributed by atoms with Gasteiger partial charge in [-0.15, -0.1) is 6.42 Å². The Morgan fingerprint density at radius 3 is 2.38 bits per heavy atom. The standard InChI is InChI=1S/C22H18NO3.C5H5.Fe/c1-2-13-23-21(24)12-10-18-15-26-20-11-9-17(14-19(20)22(18)25)8-7-16-5-3-4-6-16;1-2-4-5-3-1;/h1,3-9,11,14-15H,10,12-13H2,(H,23,24);1-5H;/q;;+2/b8-7+;;. The van der Waals surface area contributed by atoms with Crippen LogP contribution in [0, 0.1) is 76.0 Å². The van der Waals surface area contributed by atoms with Gasteiger partial charge in [-0.1, -0.05) is 24.1 Å². The van der Waals surface area contributed by atoms with E-state index in [1.165, 1.54) is 6.26 Å². The molecule has 2 aliphatic rings. The summed E-state index contributed by atoms with van der Waals surface area (Å²) < 4.78 is 5.55. The van der Waals surface area contributed by atoms with E-state index < -0.39 is 0 Å². The maximum Gasteiger partial charge on any atom is 2.00 e. The molecule has 1 aromatic carbocycles. The van der Waals surface area contributed by atoms with E-state index in [1.807, 2.05) is 82.1 Å². The number of aryl methyl sites for hydroxylation is 1. The Labute approximate surface area is 201 Å². The van der Waals surface area contributed by atoms with Crippen LogP contribution < -0.4 is 10.7 Å². The van der Waals surface area contributed by atoms with Crippen LogP contribution in [0.5, 0.6) is 0 Å². The van der Waals surface area contributed by atoms with Crippen molar-refractivity contribution in [2.24, 2.45) is 0 Å². The van der Waals surface area contributed by atoms with Gasteiger partial charge in [-0.05, 0) is 81.9 Å². The van der Waals surface area contributed by atoms with E-state index >= 15 is 0 Å². The summed E-state index contributed by atoms with van der Waals surface area (Å²) in [5.41, 5.74) is 1.81. The normalized spacial score (nSPS) is 15.7. The van der Waals surface area contributed by atoms with Crippen molar-refractivity contribution >= 4 is 23.0 Å². The topological polar surface area (TPSA) is 59.3 Å². The second kappa shape index (κ2) is 14.0. The molecule has 2 aromatic rings. The van der Waals surface area contributed by atoms with Crippen molar-refractivity contribution in [2.45, 2.75) is 12.8 Å². The molecule has 0 atom stereocenters. The first-order chi connectivity index (χ1) is 15.2. The first-order valence-corrected chi connectivity index (χ1v) is 9.98. The molecule has 0 unspecified atom stereocenters. The number of allylic oxidation sites excluding steroid dienone is 1. The van der Waals surface area contributed by atoms with Gasteiger partial charge in [-0.2, -0.15) is 0 Å². The Bertz CT molecular complexity index is 984. The summed E-state index contributed by atoms with van der Waals surface area (Å²) in [6.45, 7) is 0.185. The average molecular weight is 465 g/mol. The van der Waals surface area contributed by atoms with Gasteiger partial charge in [0, 0.05) is 17.9 Å². The zero-order valence-electron chi connectivity index (χ0n) is 17.4. The van der Waals surface area contributed by atoms with E-state index in [-0.39, 0.29) is 41.4 Å². The molecular weight excluding hydrogens is 442 g/mol. The van der Waals surface area contributed by atoms with Crippen molar-refractivity contribution in [1.82, 2.24) is 5.32 Å². The molecule has 1 heterocycles. The fourth-order valence-corrected chi connectivity index (χ4v) is 2.96. The minimum absolute atomic E-state index is 0. The summed E-state index contributed by atoms with van der Waals surface area (Å²) in [5.74, 6) is 3.26. The van der Waals surface area contributed by atoms with Crippen LogP contribution in [-0.4, -0.2) is 12.5 Å². The zero-order chi connectivity index (χ0) is 21.9. The zero-order valence-corrected chi connectivity index (χ0v) is 18.5. The van der Waals surface area contributed by atoms with E-state index in [2.05, 4.69) is 11.2 Å². The third kappa shape index (κ3) is 8.01. The van der Waals surface area contributed by atoms with Gasteiger partial charge in [-0.25, -0.2) is 0 Å². The van der Waals surface area contributed by atoms with Crippen LogP contribution in [-0.2, 0) is 28.3 Å². The number of nitrogens with one attached hydrogen (secondary N) is 1. The Hall–Kier alpha value is -2.28. The number of benzene rings is 1. The third-order valence-electron chi connectivity index (χ3n) is 4.59. The van der Waals surface area contributed by atoms with Crippen molar-refractivity contribution < 1.29 is 26.3 Å². The molecule has 1 aromatic heterocycles. The molecule has 4 nitrogen and oxygen atoms in total. The van der Waals surface area contributed by atoms with Crippen LogP contribution in [0.1, 0.15) is 17.5 Å². The fraction of sp³-hybridized carbons (Fsp3) is 0.111. The molecule has 32 heavy (non-hydrogen) atoms. The van der Waals surface area contributed by atoms with Crippen LogP contribution in [0.3, 0.4) is 0 Å². The number of carbonyl (C=O) groups is 1. The molecule has 2 saturated carbocycles.